The fourth-order valence-corrected chi connectivity index (χ4v) is 5.63. The molecule has 0 unspecified atom stereocenters. The summed E-state index contributed by atoms with van der Waals surface area (Å²) in [6.45, 7) is 5.44. The summed E-state index contributed by atoms with van der Waals surface area (Å²) in [6.07, 6.45) is 3.30. The first-order valence-corrected chi connectivity index (χ1v) is 12.8. The van der Waals surface area contributed by atoms with Crippen LogP contribution in [0.1, 0.15) is 32.3 Å². The third-order valence-corrected chi connectivity index (χ3v) is 7.19. The fraction of sp³-hybridized carbons (Fsp3) is 0.182. The van der Waals surface area contributed by atoms with Crippen LogP contribution in [0.3, 0.4) is 0 Å². The number of aromatic nitrogens is 2. The Kier molecular flexibility index (Phi) is 5.58. The lowest BCUT2D eigenvalue weighted by Gasteiger charge is -2.19. The van der Waals surface area contributed by atoms with Gasteiger partial charge < -0.3 is 4.57 Å². The fourth-order valence-electron chi connectivity index (χ4n) is 5.63. The van der Waals surface area contributed by atoms with Gasteiger partial charge in [-0.15, -0.1) is 0 Å². The SMILES string of the molecule is CCCCc1c(-c2ccccc2)nc2ccc3c(c4ccccc4n3CC)c2c1-c1ccccc1. The van der Waals surface area contributed by atoms with E-state index in [1.54, 1.807) is 0 Å². The van der Waals surface area contributed by atoms with E-state index in [-0.39, 0.29) is 0 Å². The molecule has 0 spiro atoms. The van der Waals surface area contributed by atoms with Crippen molar-refractivity contribution in [1.29, 1.82) is 0 Å². The minimum Gasteiger partial charge on any atom is -0.341 e. The van der Waals surface area contributed by atoms with Gasteiger partial charge >= 0.3 is 0 Å². The average Bonchev–Trinajstić information content (AvgIpc) is 3.25. The predicted molar refractivity (Wildman–Crippen MR) is 150 cm³/mol. The highest BCUT2D eigenvalue weighted by molar-refractivity contribution is 6.24. The Morgan fingerprint density at radius 1 is 0.657 bits per heavy atom. The van der Waals surface area contributed by atoms with E-state index in [4.69, 9.17) is 4.98 Å². The highest BCUT2D eigenvalue weighted by Crippen LogP contribution is 2.43. The predicted octanol–water partition coefficient (Wildman–Crippen LogP) is 9.04. The molecule has 2 heterocycles. The number of para-hydroxylation sites is 1. The summed E-state index contributed by atoms with van der Waals surface area (Å²) < 4.78 is 2.44. The van der Waals surface area contributed by atoms with Gasteiger partial charge in [0.25, 0.3) is 0 Å². The van der Waals surface area contributed by atoms with Crippen molar-refractivity contribution in [3.63, 3.8) is 0 Å². The summed E-state index contributed by atoms with van der Waals surface area (Å²) in [4.78, 5) is 5.37. The second-order valence-electron chi connectivity index (χ2n) is 9.26. The van der Waals surface area contributed by atoms with Crippen LogP contribution < -0.4 is 0 Å². The second-order valence-corrected chi connectivity index (χ2v) is 9.26. The topological polar surface area (TPSA) is 17.8 Å². The van der Waals surface area contributed by atoms with Crippen molar-refractivity contribution < 1.29 is 0 Å². The lowest BCUT2D eigenvalue weighted by Crippen LogP contribution is -2.01. The largest absolute Gasteiger partial charge is 0.341 e. The zero-order valence-corrected chi connectivity index (χ0v) is 20.5. The quantitative estimate of drug-likeness (QED) is 0.245. The van der Waals surface area contributed by atoms with Crippen molar-refractivity contribution >= 4 is 32.7 Å². The standard InChI is InChI=1S/C33H30N2/c1-3-5-18-26-30(23-14-8-6-9-15-23)32-27(34-33(26)24-16-10-7-11-17-24)21-22-29-31(32)25-19-12-13-20-28(25)35(29)4-2/h6-17,19-22H,3-5,18H2,1-2H3. The molecule has 172 valence electrons. The van der Waals surface area contributed by atoms with Gasteiger partial charge in [0.2, 0.25) is 0 Å². The number of benzene rings is 4. The van der Waals surface area contributed by atoms with Crippen LogP contribution in [-0.2, 0) is 13.0 Å². The number of hydrogen-bond acceptors (Lipinski definition) is 1. The lowest BCUT2D eigenvalue weighted by atomic mass is 9.88. The maximum Gasteiger partial charge on any atom is 0.0747 e. The Hall–Kier alpha value is -3.91. The third kappa shape index (κ3) is 3.52. The first kappa shape index (κ1) is 21.6. The van der Waals surface area contributed by atoms with Gasteiger partial charge in [-0.3, -0.25) is 0 Å². The van der Waals surface area contributed by atoms with Crippen molar-refractivity contribution in [3.05, 3.63) is 103 Å². The lowest BCUT2D eigenvalue weighted by molar-refractivity contribution is 0.796. The third-order valence-electron chi connectivity index (χ3n) is 7.19. The Balaban J connectivity index is 1.85. The molecule has 0 aliphatic rings. The van der Waals surface area contributed by atoms with Gasteiger partial charge in [0, 0.05) is 39.3 Å². The molecule has 0 atom stereocenters. The molecule has 2 aromatic heterocycles. The highest BCUT2D eigenvalue weighted by Gasteiger charge is 2.22. The first-order chi connectivity index (χ1) is 17.3. The van der Waals surface area contributed by atoms with Crippen molar-refractivity contribution in [2.75, 3.05) is 0 Å². The van der Waals surface area contributed by atoms with E-state index in [0.717, 1.165) is 37.0 Å². The number of aryl methyl sites for hydroxylation is 1. The number of rotatable bonds is 6. The number of fused-ring (bicyclic) bond motifs is 5. The maximum absolute atomic E-state index is 5.37. The molecular weight excluding hydrogens is 424 g/mol. The van der Waals surface area contributed by atoms with E-state index in [9.17, 15) is 0 Å². The molecule has 0 fully saturated rings. The molecule has 0 N–H and O–H groups in total. The van der Waals surface area contributed by atoms with Crippen LogP contribution in [-0.4, -0.2) is 9.55 Å². The molecular formula is C33H30N2. The Bertz CT molecular complexity index is 1640. The molecule has 0 saturated heterocycles. The molecule has 0 radical (unpaired) electrons. The van der Waals surface area contributed by atoms with E-state index in [1.165, 1.54) is 49.4 Å². The molecule has 35 heavy (non-hydrogen) atoms. The number of unbranched alkanes of at least 4 members (excludes halogenated alkanes) is 1. The molecule has 0 aliphatic heterocycles. The first-order valence-electron chi connectivity index (χ1n) is 12.8. The molecule has 0 bridgehead atoms. The smallest absolute Gasteiger partial charge is 0.0747 e. The Morgan fingerprint density at radius 3 is 2.06 bits per heavy atom. The van der Waals surface area contributed by atoms with E-state index in [0.29, 0.717) is 0 Å². The monoisotopic (exact) mass is 454 g/mol. The van der Waals surface area contributed by atoms with E-state index >= 15 is 0 Å². The number of nitrogens with zero attached hydrogens (tertiary/aromatic N) is 2. The van der Waals surface area contributed by atoms with Gasteiger partial charge in [-0.2, -0.15) is 0 Å². The number of hydrogen-bond donors (Lipinski definition) is 0. The van der Waals surface area contributed by atoms with Crippen molar-refractivity contribution in [2.24, 2.45) is 0 Å². The Morgan fingerprint density at radius 2 is 1.34 bits per heavy atom. The van der Waals surface area contributed by atoms with Crippen LogP contribution in [0.2, 0.25) is 0 Å². The zero-order chi connectivity index (χ0) is 23.8. The van der Waals surface area contributed by atoms with E-state index < -0.39 is 0 Å². The molecule has 0 saturated carbocycles. The maximum atomic E-state index is 5.37. The van der Waals surface area contributed by atoms with Crippen LogP contribution in [0.15, 0.2) is 97.1 Å². The Labute approximate surface area is 206 Å². The van der Waals surface area contributed by atoms with Gasteiger partial charge in [-0.25, -0.2) is 4.98 Å². The molecule has 2 heteroatoms. The van der Waals surface area contributed by atoms with Gasteiger partial charge in [-0.05, 0) is 54.7 Å². The summed E-state index contributed by atoms with van der Waals surface area (Å²) in [6, 6.07) is 35.0. The average molecular weight is 455 g/mol. The summed E-state index contributed by atoms with van der Waals surface area (Å²) in [5, 5.41) is 3.91. The summed E-state index contributed by atoms with van der Waals surface area (Å²) in [7, 11) is 0. The minimum absolute atomic E-state index is 0.939. The molecule has 6 aromatic rings. The van der Waals surface area contributed by atoms with Crippen molar-refractivity contribution in [3.8, 4) is 22.4 Å². The van der Waals surface area contributed by atoms with Crippen molar-refractivity contribution in [2.45, 2.75) is 39.7 Å². The van der Waals surface area contributed by atoms with Crippen LogP contribution in [0.4, 0.5) is 0 Å². The van der Waals surface area contributed by atoms with Crippen LogP contribution in [0.25, 0.3) is 55.1 Å². The zero-order valence-electron chi connectivity index (χ0n) is 20.5. The molecule has 6 rings (SSSR count). The molecule has 4 aromatic carbocycles. The normalized spacial score (nSPS) is 11.6. The molecule has 2 nitrogen and oxygen atoms in total. The summed E-state index contributed by atoms with van der Waals surface area (Å²) in [5.74, 6) is 0. The molecule has 0 aliphatic carbocycles. The van der Waals surface area contributed by atoms with Crippen molar-refractivity contribution in [1.82, 2.24) is 9.55 Å². The van der Waals surface area contributed by atoms with E-state index in [1.807, 2.05) is 0 Å². The van der Waals surface area contributed by atoms with Gasteiger partial charge in [-0.1, -0.05) is 92.2 Å². The van der Waals surface area contributed by atoms with Crippen LogP contribution in [0, 0.1) is 0 Å². The van der Waals surface area contributed by atoms with Gasteiger partial charge in [0.1, 0.15) is 0 Å². The second kappa shape index (κ2) is 9.03. The highest BCUT2D eigenvalue weighted by atomic mass is 15.0. The van der Waals surface area contributed by atoms with Crippen LogP contribution >= 0.6 is 0 Å². The van der Waals surface area contributed by atoms with Gasteiger partial charge in [0.15, 0.2) is 0 Å². The molecule has 0 amide bonds. The van der Waals surface area contributed by atoms with Crippen LogP contribution in [0.5, 0.6) is 0 Å². The minimum atomic E-state index is 0.939. The van der Waals surface area contributed by atoms with E-state index in [2.05, 4.69) is 115 Å². The summed E-state index contributed by atoms with van der Waals surface area (Å²) in [5.41, 5.74) is 9.91. The number of pyridine rings is 1. The summed E-state index contributed by atoms with van der Waals surface area (Å²) >= 11 is 0. The van der Waals surface area contributed by atoms with Gasteiger partial charge in [0.05, 0.1) is 11.2 Å².